The summed E-state index contributed by atoms with van der Waals surface area (Å²) in [5, 5.41) is 24.6. The first-order valence-electron chi connectivity index (χ1n) is 15.3. The number of aliphatic hydroxyl groups is 2. The Labute approximate surface area is 290 Å². The Bertz CT molecular complexity index is 1290. The Hall–Kier alpha value is -1.86. The zero-order valence-corrected chi connectivity index (χ0v) is 29.1. The molecule has 2 N–H and O–H groups in total. The van der Waals surface area contributed by atoms with Gasteiger partial charge in [-0.25, -0.2) is 0 Å². The van der Waals surface area contributed by atoms with E-state index in [1.165, 1.54) is 38.5 Å². The van der Waals surface area contributed by atoms with Gasteiger partial charge in [0.05, 0.1) is 19.3 Å². The second-order valence-electron chi connectivity index (χ2n) is 10.9. The molecule has 2 fully saturated rings. The zero-order chi connectivity index (χ0) is 31.4. The number of benzene rings is 4. The van der Waals surface area contributed by atoms with E-state index in [0.717, 1.165) is 0 Å². The van der Waals surface area contributed by atoms with Gasteiger partial charge in [-0.15, -0.1) is 0 Å². The Morgan fingerprint density at radius 2 is 0.935 bits per heavy atom. The van der Waals surface area contributed by atoms with Gasteiger partial charge >= 0.3 is 0 Å². The van der Waals surface area contributed by atoms with Gasteiger partial charge in [0, 0.05) is 40.3 Å². The predicted molar refractivity (Wildman–Crippen MR) is 193 cm³/mol. The molecule has 0 aliphatic heterocycles. The topological polar surface area (TPSA) is 43.7 Å². The summed E-state index contributed by atoms with van der Waals surface area (Å²) in [7, 11) is 0.889. The van der Waals surface area contributed by atoms with E-state index >= 15 is 0 Å². The van der Waals surface area contributed by atoms with E-state index in [9.17, 15) is 10.2 Å². The van der Waals surface area contributed by atoms with Gasteiger partial charge in [0.25, 0.3) is 0 Å². The molecule has 0 unspecified atom stereocenters. The van der Waals surface area contributed by atoms with Gasteiger partial charge in [0.2, 0.25) is 0 Å². The SMILES string of the molecule is C[C@H]([C]1[CH][CH][CH][C]1P(c1ccccc1)c1ccccc1)N(C)C(CO)CO.[CH]1[CH][CH][C](P(c2ccccc2)c2ccccc2)[CH]1.[Fe]. The summed E-state index contributed by atoms with van der Waals surface area (Å²) >= 11 is 0. The van der Waals surface area contributed by atoms with Gasteiger partial charge in [-0.1, -0.05) is 121 Å². The molecule has 3 nitrogen and oxygen atoms in total. The molecule has 10 radical (unpaired) electrons. The van der Waals surface area contributed by atoms with Gasteiger partial charge in [-0.3, -0.25) is 4.90 Å². The average Bonchev–Trinajstić information content (AvgIpc) is 3.81. The Balaban J connectivity index is 0.000000220. The fourth-order valence-corrected chi connectivity index (χ4v) is 10.4. The molecular weight excluding hydrogens is 644 g/mol. The van der Waals surface area contributed by atoms with Crippen LogP contribution in [0.2, 0.25) is 0 Å². The molecule has 1 atom stereocenters. The standard InChI is InChI=1S/C23H27NO2P.C17H14P.Fe/c1-18(24(2)19(16-25)17-26)22-14-9-15-23(22)27(20-10-5-3-6-11-20)21-12-7-4-8-13-21;1-3-9-15(10-4-1)18(17-13-7-8-14-17)16-11-5-2-6-12-16;/h3-15,18-19,25-26H,16-17H2,1-2H3;1-14H;/t18-;;/m1../s1. The zero-order valence-electron chi connectivity index (χ0n) is 26.2. The molecule has 6 heteroatoms. The molecule has 6 rings (SSSR count). The van der Waals surface area contributed by atoms with Crippen molar-refractivity contribution in [3.8, 4) is 0 Å². The van der Waals surface area contributed by atoms with Gasteiger partial charge < -0.3 is 10.2 Å². The molecule has 0 bridgehead atoms. The van der Waals surface area contributed by atoms with Crippen molar-refractivity contribution in [2.45, 2.75) is 19.0 Å². The predicted octanol–water partition coefficient (Wildman–Crippen LogP) is 6.01. The second kappa shape index (κ2) is 19.2. The van der Waals surface area contributed by atoms with Crippen molar-refractivity contribution in [3.63, 3.8) is 0 Å². The molecule has 0 amide bonds. The molecule has 46 heavy (non-hydrogen) atoms. The van der Waals surface area contributed by atoms with Crippen LogP contribution in [0.4, 0.5) is 0 Å². The Kier molecular flexibility index (Phi) is 15.4. The molecular formula is C40H41FeNO2P2. The summed E-state index contributed by atoms with van der Waals surface area (Å²) in [4.78, 5) is 2.06. The molecule has 0 saturated heterocycles. The second-order valence-corrected chi connectivity index (χ2v) is 15.3. The molecule has 2 saturated carbocycles. The monoisotopic (exact) mass is 685 g/mol. The number of rotatable bonds is 11. The first-order valence-corrected chi connectivity index (χ1v) is 18.0. The van der Waals surface area contributed by atoms with Crippen molar-refractivity contribution in [2.75, 3.05) is 20.3 Å². The normalized spacial score (nSPS) is 16.5. The van der Waals surface area contributed by atoms with E-state index < -0.39 is 15.8 Å². The summed E-state index contributed by atoms with van der Waals surface area (Å²) in [6, 6.07) is 42.7. The van der Waals surface area contributed by atoms with Gasteiger partial charge in [-0.05, 0) is 96.0 Å². The van der Waals surface area contributed by atoms with E-state index in [1.807, 2.05) is 7.05 Å². The number of hydrogen-bond donors (Lipinski definition) is 2. The molecule has 2 aliphatic rings. The molecule has 0 aromatic heterocycles. The summed E-state index contributed by atoms with van der Waals surface area (Å²) in [6.45, 7) is 2.03. The van der Waals surface area contributed by atoms with Crippen molar-refractivity contribution < 1.29 is 27.3 Å². The first-order chi connectivity index (χ1) is 22.1. The fraction of sp³-hybridized carbons (Fsp3) is 0.150. The third-order valence-corrected chi connectivity index (χ3v) is 13.0. The van der Waals surface area contributed by atoms with Crippen molar-refractivity contribution in [1.29, 1.82) is 0 Å². The van der Waals surface area contributed by atoms with E-state index in [1.54, 1.807) is 0 Å². The van der Waals surface area contributed by atoms with Crippen molar-refractivity contribution >= 4 is 37.1 Å². The van der Waals surface area contributed by atoms with Crippen molar-refractivity contribution in [1.82, 2.24) is 4.90 Å². The molecule has 4 aromatic carbocycles. The third-order valence-electron chi connectivity index (χ3n) is 8.09. The first kappa shape index (κ1) is 37.0. The minimum absolute atomic E-state index is 0. The van der Waals surface area contributed by atoms with Crippen LogP contribution in [0, 0.1) is 62.2 Å². The van der Waals surface area contributed by atoms with Gasteiger partial charge in [0.15, 0.2) is 0 Å². The van der Waals surface area contributed by atoms with Crippen LogP contribution in [0.15, 0.2) is 121 Å². The maximum absolute atomic E-state index is 9.58. The van der Waals surface area contributed by atoms with E-state index in [0.29, 0.717) is 0 Å². The number of nitrogens with zero attached hydrogens (tertiary/aromatic N) is 1. The van der Waals surface area contributed by atoms with Gasteiger partial charge in [0.1, 0.15) is 0 Å². The maximum atomic E-state index is 9.58. The minimum atomic E-state index is -0.666. The molecule has 4 aromatic rings. The Morgan fingerprint density at radius 1 is 0.543 bits per heavy atom. The van der Waals surface area contributed by atoms with Crippen LogP contribution in [-0.2, 0) is 17.1 Å². The van der Waals surface area contributed by atoms with Crippen LogP contribution in [0.3, 0.4) is 0 Å². The number of likely N-dealkylation sites (N-methyl/N-ethyl adjacent to an activating group) is 1. The van der Waals surface area contributed by atoms with E-state index in [2.05, 4.69) is 178 Å². The average molecular weight is 686 g/mol. The number of hydrogen-bond acceptors (Lipinski definition) is 3. The van der Waals surface area contributed by atoms with Crippen molar-refractivity contribution in [2.24, 2.45) is 0 Å². The Morgan fingerprint density at radius 3 is 1.33 bits per heavy atom. The fourth-order valence-electron chi connectivity index (χ4n) is 5.53. The van der Waals surface area contributed by atoms with Gasteiger partial charge in [-0.2, -0.15) is 0 Å². The van der Waals surface area contributed by atoms with E-state index in [4.69, 9.17) is 0 Å². The summed E-state index contributed by atoms with van der Waals surface area (Å²) in [6.07, 6.45) is 15.2. The van der Waals surface area contributed by atoms with Crippen LogP contribution >= 0.6 is 15.8 Å². The smallest absolute Gasteiger partial charge is 0.0609 e. The van der Waals surface area contributed by atoms with Crippen LogP contribution in [0.1, 0.15) is 6.92 Å². The quantitative estimate of drug-likeness (QED) is 0.150. The van der Waals surface area contributed by atoms with Crippen molar-refractivity contribution in [3.05, 3.63) is 184 Å². The minimum Gasteiger partial charge on any atom is -0.395 e. The van der Waals surface area contributed by atoms with Crippen LogP contribution < -0.4 is 21.2 Å². The molecule has 236 valence electrons. The largest absolute Gasteiger partial charge is 0.395 e. The summed E-state index contributed by atoms with van der Waals surface area (Å²) < 4.78 is 0. The molecule has 2 aliphatic carbocycles. The summed E-state index contributed by atoms with van der Waals surface area (Å²) in [5.74, 6) is 1.25. The maximum Gasteiger partial charge on any atom is 0.0609 e. The molecule has 0 spiro atoms. The van der Waals surface area contributed by atoms with Crippen LogP contribution in [0.5, 0.6) is 0 Å². The van der Waals surface area contributed by atoms with E-state index in [-0.39, 0.29) is 42.4 Å². The summed E-state index contributed by atoms with van der Waals surface area (Å²) in [5.41, 5.74) is 2.75. The van der Waals surface area contributed by atoms with Crippen LogP contribution in [0.25, 0.3) is 0 Å². The third kappa shape index (κ3) is 9.39. The number of aliphatic hydroxyl groups excluding tert-OH is 2. The van der Waals surface area contributed by atoms with Crippen LogP contribution in [-0.4, -0.2) is 47.5 Å². The molecule has 0 heterocycles.